The highest BCUT2D eigenvalue weighted by atomic mass is 79.9. The molecule has 0 spiro atoms. The van der Waals surface area contributed by atoms with Crippen molar-refractivity contribution in [3.05, 3.63) is 10.2 Å². The topological polar surface area (TPSA) is 73.1 Å². The van der Waals surface area contributed by atoms with Crippen LogP contribution in [0.1, 0.15) is 31.4 Å². The van der Waals surface area contributed by atoms with Crippen molar-refractivity contribution in [2.45, 2.75) is 44.8 Å². The van der Waals surface area contributed by atoms with E-state index in [0.717, 1.165) is 41.7 Å². The molecule has 0 aliphatic heterocycles. The molecule has 18 heavy (non-hydrogen) atoms. The predicted molar refractivity (Wildman–Crippen MR) is 75.6 cm³/mol. The highest BCUT2D eigenvalue weighted by Gasteiger charge is 2.22. The van der Waals surface area contributed by atoms with Gasteiger partial charge in [0.2, 0.25) is 5.95 Å². The number of aryl methyl sites for hydroxylation is 1. The molecule has 5 nitrogen and oxygen atoms in total. The maximum atomic E-state index is 5.67. The second-order valence-electron chi connectivity index (χ2n) is 4.68. The predicted octanol–water partition coefficient (Wildman–Crippen LogP) is 2.50. The van der Waals surface area contributed by atoms with Gasteiger partial charge in [0.1, 0.15) is 5.82 Å². The molecule has 1 aromatic heterocycles. The number of ether oxygens (including phenoxy) is 1. The lowest BCUT2D eigenvalue weighted by atomic mass is 9.93. The number of hydrogen-bond donors (Lipinski definition) is 2. The zero-order chi connectivity index (χ0) is 13.1. The fourth-order valence-electron chi connectivity index (χ4n) is 2.31. The zero-order valence-corrected chi connectivity index (χ0v) is 12.3. The Labute approximate surface area is 116 Å². The first-order valence-electron chi connectivity index (χ1n) is 6.19. The molecule has 100 valence electrons. The molecule has 0 saturated heterocycles. The lowest BCUT2D eigenvalue weighted by molar-refractivity contribution is 0.0681. The van der Waals surface area contributed by atoms with Gasteiger partial charge < -0.3 is 15.8 Å². The smallest absolute Gasteiger partial charge is 0.222 e. The molecule has 0 amide bonds. The minimum atomic E-state index is 0.309. The van der Waals surface area contributed by atoms with Crippen molar-refractivity contribution < 1.29 is 4.74 Å². The summed E-state index contributed by atoms with van der Waals surface area (Å²) in [6.45, 7) is 1.91. The van der Waals surface area contributed by atoms with E-state index in [1.54, 1.807) is 7.11 Å². The van der Waals surface area contributed by atoms with Gasteiger partial charge in [-0.1, -0.05) is 0 Å². The number of halogens is 1. The van der Waals surface area contributed by atoms with Crippen LogP contribution in [0.5, 0.6) is 0 Å². The van der Waals surface area contributed by atoms with Gasteiger partial charge in [-0.3, -0.25) is 0 Å². The number of methoxy groups -OCH3 is 1. The van der Waals surface area contributed by atoms with Crippen LogP contribution in [0.3, 0.4) is 0 Å². The number of nitrogens with two attached hydrogens (primary N) is 1. The number of nitrogens with zero attached hydrogens (tertiary/aromatic N) is 2. The van der Waals surface area contributed by atoms with Crippen molar-refractivity contribution in [2.75, 3.05) is 18.2 Å². The number of nitrogens with one attached hydrogen (secondary N) is 1. The second-order valence-corrected chi connectivity index (χ2v) is 5.48. The first kappa shape index (κ1) is 13.5. The molecule has 1 saturated carbocycles. The standard InChI is InChI=1S/C12H19BrN4O/c1-7-10(13)11(17-12(14)15-7)16-8-3-5-9(18-2)6-4-8/h8-9H,3-6H2,1-2H3,(H3,14,15,16,17). The Balaban J connectivity index is 2.02. The van der Waals surface area contributed by atoms with Crippen molar-refractivity contribution in [1.29, 1.82) is 0 Å². The highest BCUT2D eigenvalue weighted by molar-refractivity contribution is 9.10. The van der Waals surface area contributed by atoms with Crippen LogP contribution in [0, 0.1) is 6.92 Å². The largest absolute Gasteiger partial charge is 0.381 e. The summed E-state index contributed by atoms with van der Waals surface area (Å²) in [7, 11) is 1.78. The molecule has 1 aromatic rings. The van der Waals surface area contributed by atoms with Crippen LogP contribution >= 0.6 is 15.9 Å². The Morgan fingerprint density at radius 2 is 1.94 bits per heavy atom. The maximum Gasteiger partial charge on any atom is 0.222 e. The summed E-state index contributed by atoms with van der Waals surface area (Å²) < 4.78 is 6.26. The van der Waals surface area contributed by atoms with Crippen LogP contribution in [-0.2, 0) is 4.74 Å². The SMILES string of the molecule is COC1CCC(Nc2nc(N)nc(C)c2Br)CC1. The average molecular weight is 315 g/mol. The Morgan fingerprint density at radius 3 is 2.56 bits per heavy atom. The summed E-state index contributed by atoms with van der Waals surface area (Å²) in [5.41, 5.74) is 6.53. The Hall–Kier alpha value is -0.880. The van der Waals surface area contributed by atoms with Gasteiger partial charge in [0.05, 0.1) is 16.3 Å². The summed E-state index contributed by atoms with van der Waals surface area (Å²) in [6, 6.07) is 0.432. The lowest BCUT2D eigenvalue weighted by Gasteiger charge is -2.28. The zero-order valence-electron chi connectivity index (χ0n) is 10.7. The molecule has 0 aromatic carbocycles. The molecule has 1 fully saturated rings. The van der Waals surface area contributed by atoms with Crippen LogP contribution in [0.2, 0.25) is 0 Å². The maximum absolute atomic E-state index is 5.67. The van der Waals surface area contributed by atoms with E-state index in [0.29, 0.717) is 18.1 Å². The van der Waals surface area contributed by atoms with Crippen molar-refractivity contribution in [2.24, 2.45) is 0 Å². The van der Waals surface area contributed by atoms with Gasteiger partial charge in [0, 0.05) is 13.2 Å². The molecule has 0 unspecified atom stereocenters. The van der Waals surface area contributed by atoms with Gasteiger partial charge in [-0.05, 0) is 48.5 Å². The monoisotopic (exact) mass is 314 g/mol. The van der Waals surface area contributed by atoms with E-state index in [4.69, 9.17) is 10.5 Å². The molecule has 0 radical (unpaired) electrons. The van der Waals surface area contributed by atoms with Crippen LogP contribution in [-0.4, -0.2) is 29.2 Å². The number of rotatable bonds is 3. The Morgan fingerprint density at radius 1 is 1.28 bits per heavy atom. The van der Waals surface area contributed by atoms with E-state index in [9.17, 15) is 0 Å². The Bertz CT molecular complexity index is 419. The van der Waals surface area contributed by atoms with E-state index in [2.05, 4.69) is 31.2 Å². The second kappa shape index (κ2) is 5.84. The molecule has 1 heterocycles. The molecular formula is C12H19BrN4O. The first-order valence-corrected chi connectivity index (χ1v) is 6.98. The van der Waals surface area contributed by atoms with Crippen LogP contribution in [0.25, 0.3) is 0 Å². The Kier molecular flexibility index (Phi) is 4.40. The van der Waals surface area contributed by atoms with Crippen LogP contribution in [0.4, 0.5) is 11.8 Å². The van der Waals surface area contributed by atoms with E-state index in [1.165, 1.54) is 0 Å². The van der Waals surface area contributed by atoms with Gasteiger partial charge in [0.25, 0.3) is 0 Å². The average Bonchev–Trinajstić information content (AvgIpc) is 2.36. The lowest BCUT2D eigenvalue weighted by Crippen LogP contribution is -2.29. The van der Waals surface area contributed by atoms with Crippen LogP contribution < -0.4 is 11.1 Å². The van der Waals surface area contributed by atoms with Crippen LogP contribution in [0.15, 0.2) is 4.47 Å². The van der Waals surface area contributed by atoms with Gasteiger partial charge in [-0.25, -0.2) is 4.98 Å². The van der Waals surface area contributed by atoms with Crippen molar-refractivity contribution >= 4 is 27.7 Å². The van der Waals surface area contributed by atoms with Crippen molar-refractivity contribution in [1.82, 2.24) is 9.97 Å². The van der Waals surface area contributed by atoms with Crippen molar-refractivity contribution in [3.8, 4) is 0 Å². The number of nitrogen functional groups attached to an aromatic ring is 1. The number of hydrogen-bond acceptors (Lipinski definition) is 5. The summed E-state index contributed by atoms with van der Waals surface area (Å²) >= 11 is 3.50. The molecule has 3 N–H and O–H groups in total. The van der Waals surface area contributed by atoms with Gasteiger partial charge in [0.15, 0.2) is 0 Å². The van der Waals surface area contributed by atoms with Gasteiger partial charge >= 0.3 is 0 Å². The molecule has 1 aliphatic carbocycles. The van der Waals surface area contributed by atoms with E-state index >= 15 is 0 Å². The summed E-state index contributed by atoms with van der Waals surface area (Å²) in [5.74, 6) is 1.10. The fourth-order valence-corrected chi connectivity index (χ4v) is 2.60. The summed E-state index contributed by atoms with van der Waals surface area (Å²) in [6.07, 6.45) is 4.77. The fraction of sp³-hybridized carbons (Fsp3) is 0.667. The molecule has 6 heteroatoms. The molecular weight excluding hydrogens is 296 g/mol. The minimum absolute atomic E-state index is 0.309. The third kappa shape index (κ3) is 3.11. The molecule has 0 bridgehead atoms. The summed E-state index contributed by atoms with van der Waals surface area (Å²) in [5, 5.41) is 3.44. The van der Waals surface area contributed by atoms with E-state index in [-0.39, 0.29) is 0 Å². The quantitative estimate of drug-likeness (QED) is 0.896. The van der Waals surface area contributed by atoms with Gasteiger partial charge in [-0.15, -0.1) is 0 Å². The molecule has 0 atom stereocenters. The van der Waals surface area contributed by atoms with Crippen molar-refractivity contribution in [3.63, 3.8) is 0 Å². The minimum Gasteiger partial charge on any atom is -0.381 e. The summed E-state index contributed by atoms with van der Waals surface area (Å²) in [4.78, 5) is 8.36. The first-order chi connectivity index (χ1) is 8.60. The molecule has 1 aliphatic rings. The normalized spacial score (nSPS) is 23.9. The third-order valence-corrected chi connectivity index (χ3v) is 4.33. The highest BCUT2D eigenvalue weighted by Crippen LogP contribution is 2.28. The molecule has 2 rings (SSSR count). The number of aromatic nitrogens is 2. The number of anilines is 2. The third-order valence-electron chi connectivity index (χ3n) is 3.38. The van der Waals surface area contributed by atoms with Gasteiger partial charge in [-0.2, -0.15) is 4.98 Å². The van der Waals surface area contributed by atoms with E-state index in [1.807, 2.05) is 6.92 Å². The van der Waals surface area contributed by atoms with E-state index < -0.39 is 0 Å².